The normalized spacial score (nSPS) is 16.4. The van der Waals surface area contributed by atoms with E-state index in [-0.39, 0.29) is 0 Å². The van der Waals surface area contributed by atoms with Crippen molar-refractivity contribution in [3.63, 3.8) is 0 Å². The quantitative estimate of drug-likeness (QED) is 0.776. The minimum Gasteiger partial charge on any atom is -0.309 e. The van der Waals surface area contributed by atoms with Gasteiger partial charge in [-0.15, -0.1) is 11.3 Å². The first kappa shape index (κ1) is 14.1. The zero-order chi connectivity index (χ0) is 14.1. The summed E-state index contributed by atoms with van der Waals surface area (Å²) in [5.74, 6) is 0.841. The number of rotatable bonds is 5. The molecule has 2 aromatic rings. The largest absolute Gasteiger partial charge is 0.309 e. The lowest BCUT2D eigenvalue weighted by atomic mass is 10.1. The molecule has 1 aliphatic carbocycles. The molecule has 1 aromatic carbocycles. The zero-order valence-electron chi connectivity index (χ0n) is 11.9. The van der Waals surface area contributed by atoms with Crippen molar-refractivity contribution in [3.05, 3.63) is 45.8 Å². The first-order chi connectivity index (χ1) is 9.69. The summed E-state index contributed by atoms with van der Waals surface area (Å²) in [6, 6.07) is 11.2. The summed E-state index contributed by atoms with van der Waals surface area (Å²) < 4.78 is 0. The van der Waals surface area contributed by atoms with Crippen molar-refractivity contribution < 1.29 is 0 Å². The van der Waals surface area contributed by atoms with Gasteiger partial charge in [-0.2, -0.15) is 0 Å². The molecular weight excluding hydrogens is 286 g/mol. The maximum Gasteiger partial charge on any atom is 0.0443 e. The Balaban J connectivity index is 1.89. The Labute approximate surface area is 130 Å². The van der Waals surface area contributed by atoms with Crippen LogP contribution in [-0.2, 0) is 0 Å². The minimum atomic E-state index is 0.548. The summed E-state index contributed by atoms with van der Waals surface area (Å²) in [6.07, 6.45) is 2.73. The van der Waals surface area contributed by atoms with E-state index in [1.165, 1.54) is 33.7 Å². The van der Waals surface area contributed by atoms with Gasteiger partial charge in [-0.05, 0) is 67.6 Å². The molecule has 1 N–H and O–H groups in total. The first-order valence-electron chi connectivity index (χ1n) is 7.28. The van der Waals surface area contributed by atoms with E-state index in [0.717, 1.165) is 17.5 Å². The second kappa shape index (κ2) is 5.88. The summed E-state index contributed by atoms with van der Waals surface area (Å²) in [4.78, 5) is 2.82. The molecule has 0 spiro atoms. The second-order valence-corrected chi connectivity index (χ2v) is 7.09. The molecule has 1 unspecified atom stereocenters. The fraction of sp³-hybridized carbons (Fsp3) is 0.412. The van der Waals surface area contributed by atoms with Gasteiger partial charge in [-0.3, -0.25) is 0 Å². The Hall–Kier alpha value is -0.830. The molecule has 0 amide bonds. The van der Waals surface area contributed by atoms with Gasteiger partial charge in [0.15, 0.2) is 0 Å². The van der Waals surface area contributed by atoms with Crippen molar-refractivity contribution in [3.8, 4) is 10.4 Å². The molecule has 3 rings (SSSR count). The molecule has 20 heavy (non-hydrogen) atoms. The molecule has 0 aliphatic heterocycles. The van der Waals surface area contributed by atoms with Crippen LogP contribution >= 0.6 is 22.9 Å². The van der Waals surface area contributed by atoms with Gasteiger partial charge < -0.3 is 5.32 Å². The van der Waals surface area contributed by atoms with Crippen LogP contribution in [0.5, 0.6) is 0 Å². The molecule has 1 aliphatic rings. The number of thiophene rings is 1. The van der Waals surface area contributed by atoms with Gasteiger partial charge in [-0.25, -0.2) is 0 Å². The molecule has 1 saturated carbocycles. The fourth-order valence-corrected chi connectivity index (χ4v) is 4.21. The summed E-state index contributed by atoms with van der Waals surface area (Å²) in [5, 5.41) is 4.45. The van der Waals surface area contributed by atoms with Crippen LogP contribution < -0.4 is 5.32 Å². The third-order valence-corrected chi connectivity index (χ3v) is 5.34. The van der Waals surface area contributed by atoms with E-state index in [1.54, 1.807) is 0 Å². The summed E-state index contributed by atoms with van der Waals surface area (Å²) in [7, 11) is 0. The molecule has 3 heteroatoms. The third kappa shape index (κ3) is 2.93. The zero-order valence-corrected chi connectivity index (χ0v) is 13.5. The van der Waals surface area contributed by atoms with Crippen LogP contribution in [0.4, 0.5) is 0 Å². The van der Waals surface area contributed by atoms with E-state index in [9.17, 15) is 0 Å². The Morgan fingerprint density at radius 3 is 2.75 bits per heavy atom. The highest BCUT2D eigenvalue weighted by Crippen LogP contribution is 2.44. The first-order valence-corrected chi connectivity index (χ1v) is 8.48. The average Bonchev–Trinajstić information content (AvgIpc) is 3.14. The SMILES string of the molecule is CCNC(c1ccc(-c2ccc(Cl)cc2C)s1)C1CC1. The van der Waals surface area contributed by atoms with Crippen LogP contribution in [0.25, 0.3) is 10.4 Å². The van der Waals surface area contributed by atoms with E-state index < -0.39 is 0 Å². The Morgan fingerprint density at radius 1 is 1.30 bits per heavy atom. The van der Waals surface area contributed by atoms with Crippen LogP contribution in [0.3, 0.4) is 0 Å². The van der Waals surface area contributed by atoms with Crippen molar-refractivity contribution in [2.24, 2.45) is 5.92 Å². The van der Waals surface area contributed by atoms with Crippen molar-refractivity contribution in [1.29, 1.82) is 0 Å². The predicted molar refractivity (Wildman–Crippen MR) is 88.6 cm³/mol. The smallest absolute Gasteiger partial charge is 0.0443 e. The van der Waals surface area contributed by atoms with Gasteiger partial charge in [-0.1, -0.05) is 24.6 Å². The maximum absolute atomic E-state index is 6.04. The van der Waals surface area contributed by atoms with Crippen LogP contribution in [0, 0.1) is 12.8 Å². The lowest BCUT2D eigenvalue weighted by molar-refractivity contribution is 0.504. The Bertz CT molecular complexity index is 601. The summed E-state index contributed by atoms with van der Waals surface area (Å²) in [5.41, 5.74) is 2.55. The molecule has 0 saturated heterocycles. The van der Waals surface area contributed by atoms with Gasteiger partial charge >= 0.3 is 0 Å². The number of benzene rings is 1. The van der Waals surface area contributed by atoms with Crippen LogP contribution in [0.1, 0.15) is 36.2 Å². The summed E-state index contributed by atoms with van der Waals surface area (Å²) >= 11 is 7.96. The van der Waals surface area contributed by atoms with E-state index in [4.69, 9.17) is 11.6 Å². The second-order valence-electron chi connectivity index (χ2n) is 5.53. The van der Waals surface area contributed by atoms with Gasteiger partial charge in [0.25, 0.3) is 0 Å². The molecule has 1 atom stereocenters. The van der Waals surface area contributed by atoms with E-state index >= 15 is 0 Å². The summed E-state index contributed by atoms with van der Waals surface area (Å²) in [6.45, 7) is 5.35. The molecule has 1 heterocycles. The molecule has 0 bridgehead atoms. The number of halogens is 1. The molecule has 0 radical (unpaired) electrons. The van der Waals surface area contributed by atoms with E-state index in [0.29, 0.717) is 6.04 Å². The lowest BCUT2D eigenvalue weighted by Gasteiger charge is -2.15. The molecule has 1 aromatic heterocycles. The van der Waals surface area contributed by atoms with Crippen molar-refractivity contribution >= 4 is 22.9 Å². The lowest BCUT2D eigenvalue weighted by Crippen LogP contribution is -2.21. The highest BCUT2D eigenvalue weighted by atomic mass is 35.5. The Kier molecular flexibility index (Phi) is 4.16. The van der Waals surface area contributed by atoms with Crippen LogP contribution in [0.2, 0.25) is 5.02 Å². The van der Waals surface area contributed by atoms with E-state index in [2.05, 4.69) is 37.4 Å². The number of hydrogen-bond donors (Lipinski definition) is 1. The number of hydrogen-bond acceptors (Lipinski definition) is 2. The van der Waals surface area contributed by atoms with Crippen molar-refractivity contribution in [2.75, 3.05) is 6.54 Å². The highest BCUT2D eigenvalue weighted by Gasteiger charge is 2.32. The number of aryl methyl sites for hydroxylation is 1. The third-order valence-electron chi connectivity index (χ3n) is 3.90. The van der Waals surface area contributed by atoms with Crippen molar-refractivity contribution in [1.82, 2.24) is 5.32 Å². The van der Waals surface area contributed by atoms with Gasteiger partial charge in [0, 0.05) is 20.8 Å². The minimum absolute atomic E-state index is 0.548. The molecular formula is C17H20ClNS. The predicted octanol–water partition coefficient (Wildman–Crippen LogP) is 5.44. The van der Waals surface area contributed by atoms with Gasteiger partial charge in [0.1, 0.15) is 0 Å². The van der Waals surface area contributed by atoms with Crippen molar-refractivity contribution in [2.45, 2.75) is 32.7 Å². The maximum atomic E-state index is 6.04. The van der Waals surface area contributed by atoms with Crippen LogP contribution in [-0.4, -0.2) is 6.54 Å². The molecule has 1 nitrogen and oxygen atoms in total. The topological polar surface area (TPSA) is 12.0 Å². The van der Waals surface area contributed by atoms with Crippen LogP contribution in [0.15, 0.2) is 30.3 Å². The fourth-order valence-electron chi connectivity index (χ4n) is 2.72. The number of nitrogens with one attached hydrogen (secondary N) is 1. The highest BCUT2D eigenvalue weighted by molar-refractivity contribution is 7.15. The molecule has 1 fully saturated rings. The standard InChI is InChI=1S/C17H20ClNS/c1-3-19-17(12-4-5-12)16-9-8-15(20-16)14-7-6-13(18)10-11(14)2/h6-10,12,17,19H,3-5H2,1-2H3. The van der Waals surface area contributed by atoms with Gasteiger partial charge in [0.05, 0.1) is 0 Å². The molecule has 106 valence electrons. The average molecular weight is 306 g/mol. The van der Waals surface area contributed by atoms with E-state index in [1.807, 2.05) is 23.5 Å². The Morgan fingerprint density at radius 2 is 2.10 bits per heavy atom. The van der Waals surface area contributed by atoms with Gasteiger partial charge in [0.2, 0.25) is 0 Å². The monoisotopic (exact) mass is 305 g/mol.